The van der Waals surface area contributed by atoms with Gasteiger partial charge in [-0.05, 0) is 17.7 Å². The van der Waals surface area contributed by atoms with Crippen LogP contribution in [0.4, 0.5) is 0 Å². The zero-order chi connectivity index (χ0) is 14.6. The maximum atomic E-state index is 10.9. The summed E-state index contributed by atoms with van der Waals surface area (Å²) in [5.74, 6) is 0.717. The molecule has 0 aliphatic rings. The fourth-order valence-electron chi connectivity index (χ4n) is 1.75. The number of hydrogen-bond donors (Lipinski definition) is 0. The summed E-state index contributed by atoms with van der Waals surface area (Å²) >= 11 is 0. The molecule has 0 saturated heterocycles. The first-order valence-corrected chi connectivity index (χ1v) is 7.82. The van der Waals surface area contributed by atoms with Crippen molar-refractivity contribution in [1.82, 2.24) is 9.78 Å². The minimum absolute atomic E-state index is 0.108. The molecule has 2 aromatic rings. The number of aromatic nitrogens is 2. The van der Waals surface area contributed by atoms with E-state index in [4.69, 9.17) is 8.92 Å². The highest BCUT2D eigenvalue weighted by Crippen LogP contribution is 2.21. The molecule has 6 nitrogen and oxygen atoms in total. The standard InChI is InChI=1S/C13H16N2O4S/c1-18-13-6-4-3-5-12(13)15-10-11(9-14-15)7-8-19-20(2,16)17/h3-6,9-10H,7-8H2,1-2H3. The Morgan fingerprint density at radius 3 is 2.75 bits per heavy atom. The average Bonchev–Trinajstić information content (AvgIpc) is 2.86. The summed E-state index contributed by atoms with van der Waals surface area (Å²) in [6.45, 7) is 0.108. The predicted octanol–water partition coefficient (Wildman–Crippen LogP) is 1.40. The Morgan fingerprint density at radius 2 is 2.05 bits per heavy atom. The second-order valence-corrected chi connectivity index (χ2v) is 5.89. The first-order valence-electron chi connectivity index (χ1n) is 6.01. The average molecular weight is 296 g/mol. The molecule has 0 saturated carbocycles. The van der Waals surface area contributed by atoms with Gasteiger partial charge in [0.05, 0.1) is 26.2 Å². The fraction of sp³-hybridized carbons (Fsp3) is 0.308. The first-order chi connectivity index (χ1) is 9.49. The van der Waals surface area contributed by atoms with Gasteiger partial charge in [-0.25, -0.2) is 4.68 Å². The number of methoxy groups -OCH3 is 1. The number of benzene rings is 1. The third-order valence-corrected chi connectivity index (χ3v) is 3.25. The zero-order valence-electron chi connectivity index (χ0n) is 11.3. The van der Waals surface area contributed by atoms with E-state index in [-0.39, 0.29) is 6.61 Å². The lowest BCUT2D eigenvalue weighted by Gasteiger charge is -2.07. The molecule has 0 N–H and O–H groups in total. The van der Waals surface area contributed by atoms with Crippen molar-refractivity contribution in [2.75, 3.05) is 20.0 Å². The molecule has 0 amide bonds. The van der Waals surface area contributed by atoms with Gasteiger partial charge in [-0.3, -0.25) is 4.18 Å². The number of hydrogen-bond acceptors (Lipinski definition) is 5. The third kappa shape index (κ3) is 3.82. The highest BCUT2D eigenvalue weighted by Gasteiger charge is 2.07. The van der Waals surface area contributed by atoms with E-state index in [9.17, 15) is 8.42 Å². The summed E-state index contributed by atoms with van der Waals surface area (Å²) in [5.41, 5.74) is 1.71. The second-order valence-electron chi connectivity index (χ2n) is 4.24. The number of nitrogens with zero attached hydrogens (tertiary/aromatic N) is 2. The van der Waals surface area contributed by atoms with Crippen LogP contribution in [0, 0.1) is 0 Å². The van der Waals surface area contributed by atoms with Gasteiger partial charge in [0.2, 0.25) is 0 Å². The normalized spacial score (nSPS) is 11.5. The van der Waals surface area contributed by atoms with E-state index in [2.05, 4.69) is 5.10 Å². The summed E-state index contributed by atoms with van der Waals surface area (Å²) in [7, 11) is -1.80. The highest BCUT2D eigenvalue weighted by atomic mass is 32.2. The van der Waals surface area contributed by atoms with E-state index in [1.54, 1.807) is 18.0 Å². The molecule has 108 valence electrons. The predicted molar refractivity (Wildman–Crippen MR) is 74.6 cm³/mol. The van der Waals surface area contributed by atoms with Gasteiger partial charge in [0.25, 0.3) is 10.1 Å². The van der Waals surface area contributed by atoms with Crippen LogP contribution in [0.15, 0.2) is 36.7 Å². The van der Waals surface area contributed by atoms with Crippen LogP contribution in [0.5, 0.6) is 5.75 Å². The third-order valence-electron chi connectivity index (χ3n) is 2.66. The van der Waals surface area contributed by atoms with E-state index >= 15 is 0 Å². The minimum Gasteiger partial charge on any atom is -0.494 e. The van der Waals surface area contributed by atoms with Crippen LogP contribution in [0.2, 0.25) is 0 Å². The summed E-state index contributed by atoms with van der Waals surface area (Å²) in [5, 5.41) is 4.24. The largest absolute Gasteiger partial charge is 0.494 e. The molecule has 0 spiro atoms. The maximum Gasteiger partial charge on any atom is 0.264 e. The molecule has 1 aromatic carbocycles. The molecule has 0 aliphatic heterocycles. The Balaban J connectivity index is 2.09. The van der Waals surface area contributed by atoms with Crippen molar-refractivity contribution < 1.29 is 17.3 Å². The van der Waals surface area contributed by atoms with Crippen molar-refractivity contribution in [3.63, 3.8) is 0 Å². The molecular weight excluding hydrogens is 280 g/mol. The van der Waals surface area contributed by atoms with Gasteiger partial charge in [0, 0.05) is 12.6 Å². The number of ether oxygens (including phenoxy) is 1. The molecule has 7 heteroatoms. The SMILES string of the molecule is COc1ccccc1-n1cc(CCOS(C)(=O)=O)cn1. The Morgan fingerprint density at radius 1 is 1.30 bits per heavy atom. The van der Waals surface area contributed by atoms with Crippen LogP contribution in [0.1, 0.15) is 5.56 Å². The summed E-state index contributed by atoms with van der Waals surface area (Å²) in [6.07, 6.45) is 5.01. The molecule has 0 fully saturated rings. The highest BCUT2D eigenvalue weighted by molar-refractivity contribution is 7.85. The smallest absolute Gasteiger partial charge is 0.264 e. The van der Waals surface area contributed by atoms with Crippen molar-refractivity contribution in [3.8, 4) is 11.4 Å². The van der Waals surface area contributed by atoms with E-state index in [1.807, 2.05) is 30.5 Å². The van der Waals surface area contributed by atoms with Gasteiger partial charge in [-0.15, -0.1) is 0 Å². The lowest BCUT2D eigenvalue weighted by atomic mass is 10.2. The molecule has 0 aliphatic carbocycles. The van der Waals surface area contributed by atoms with E-state index in [0.717, 1.165) is 23.3 Å². The van der Waals surface area contributed by atoms with Crippen molar-refractivity contribution in [2.45, 2.75) is 6.42 Å². The molecular formula is C13H16N2O4S. The van der Waals surface area contributed by atoms with Crippen molar-refractivity contribution in [3.05, 3.63) is 42.2 Å². The maximum absolute atomic E-state index is 10.9. The van der Waals surface area contributed by atoms with Crippen LogP contribution >= 0.6 is 0 Å². The lowest BCUT2D eigenvalue weighted by molar-refractivity contribution is 0.326. The Labute approximate surface area is 118 Å². The number of rotatable bonds is 6. The van der Waals surface area contributed by atoms with E-state index < -0.39 is 10.1 Å². The van der Waals surface area contributed by atoms with Crippen LogP contribution in [0.3, 0.4) is 0 Å². The summed E-state index contributed by atoms with van der Waals surface area (Å²) in [4.78, 5) is 0. The van der Waals surface area contributed by atoms with E-state index in [1.165, 1.54) is 0 Å². The van der Waals surface area contributed by atoms with Gasteiger partial charge in [-0.1, -0.05) is 12.1 Å². The van der Waals surface area contributed by atoms with Crippen LogP contribution in [0.25, 0.3) is 5.69 Å². The van der Waals surface area contributed by atoms with Gasteiger partial charge in [-0.2, -0.15) is 13.5 Å². The van der Waals surface area contributed by atoms with E-state index in [0.29, 0.717) is 6.42 Å². The topological polar surface area (TPSA) is 70.4 Å². The Hall–Kier alpha value is -1.86. The first kappa shape index (κ1) is 14.5. The molecule has 1 heterocycles. The van der Waals surface area contributed by atoms with Crippen LogP contribution in [-0.2, 0) is 20.7 Å². The number of para-hydroxylation sites is 2. The molecule has 0 radical (unpaired) electrons. The van der Waals surface area contributed by atoms with Gasteiger partial charge < -0.3 is 4.74 Å². The van der Waals surface area contributed by atoms with Crippen molar-refractivity contribution >= 4 is 10.1 Å². The quantitative estimate of drug-likeness (QED) is 0.754. The van der Waals surface area contributed by atoms with Gasteiger partial charge in [0.15, 0.2) is 0 Å². The monoisotopic (exact) mass is 296 g/mol. The Bertz CT molecular complexity index is 679. The Kier molecular flexibility index (Phi) is 4.41. The van der Waals surface area contributed by atoms with Crippen molar-refractivity contribution in [2.24, 2.45) is 0 Å². The fourth-order valence-corrected chi connectivity index (χ4v) is 2.14. The van der Waals surface area contributed by atoms with Crippen molar-refractivity contribution in [1.29, 1.82) is 0 Å². The molecule has 0 unspecified atom stereocenters. The molecule has 20 heavy (non-hydrogen) atoms. The molecule has 0 bridgehead atoms. The summed E-state index contributed by atoms with van der Waals surface area (Å²) < 4.78 is 33.4. The molecule has 0 atom stereocenters. The zero-order valence-corrected chi connectivity index (χ0v) is 12.1. The summed E-state index contributed by atoms with van der Waals surface area (Å²) in [6, 6.07) is 7.52. The molecule has 1 aromatic heterocycles. The molecule has 2 rings (SSSR count). The lowest BCUT2D eigenvalue weighted by Crippen LogP contribution is -2.05. The van der Waals surface area contributed by atoms with Crippen LogP contribution in [-0.4, -0.2) is 38.2 Å². The van der Waals surface area contributed by atoms with Gasteiger partial charge in [0.1, 0.15) is 11.4 Å². The van der Waals surface area contributed by atoms with Crippen LogP contribution < -0.4 is 4.74 Å². The van der Waals surface area contributed by atoms with Gasteiger partial charge >= 0.3 is 0 Å². The minimum atomic E-state index is -3.40. The second kappa shape index (κ2) is 6.06.